The Bertz CT molecular complexity index is 980. The standard InChI is InChI=1S/C25H28N4O/c1-2-24(30)29-17-22-14-23(29)16-28(22)21-9-7-18(8-10-21)13-19-5-4-12-27-25(19)20-6-3-11-26-15-20/h3,6-11,13,15,22-23H,2,4-5,12,14,16-17H2,1H3. The Morgan fingerprint density at radius 1 is 1.17 bits per heavy atom. The summed E-state index contributed by atoms with van der Waals surface area (Å²) >= 11 is 0. The summed E-state index contributed by atoms with van der Waals surface area (Å²) in [5.41, 5.74) is 5.93. The fraction of sp³-hybridized carbons (Fsp3) is 0.400. The van der Waals surface area contributed by atoms with Gasteiger partial charge in [0.1, 0.15) is 0 Å². The van der Waals surface area contributed by atoms with Crippen LogP contribution in [0.1, 0.15) is 43.7 Å². The minimum Gasteiger partial charge on any atom is -0.365 e. The Morgan fingerprint density at radius 3 is 2.73 bits per heavy atom. The molecule has 5 heteroatoms. The van der Waals surface area contributed by atoms with Crippen molar-refractivity contribution in [1.82, 2.24) is 9.88 Å². The van der Waals surface area contributed by atoms with Crippen molar-refractivity contribution in [2.75, 3.05) is 24.5 Å². The first-order chi connectivity index (χ1) is 14.7. The maximum absolute atomic E-state index is 12.1. The molecule has 2 saturated heterocycles. The number of nitrogens with zero attached hydrogens (tertiary/aromatic N) is 4. The number of anilines is 1. The van der Waals surface area contributed by atoms with Crippen LogP contribution in [0.25, 0.3) is 6.08 Å². The molecule has 2 unspecified atom stereocenters. The monoisotopic (exact) mass is 400 g/mol. The Kier molecular flexibility index (Phi) is 5.11. The van der Waals surface area contributed by atoms with Crippen molar-refractivity contribution in [3.63, 3.8) is 0 Å². The van der Waals surface area contributed by atoms with E-state index in [1.807, 2.05) is 19.2 Å². The van der Waals surface area contributed by atoms with Gasteiger partial charge in [0, 0.05) is 55.7 Å². The van der Waals surface area contributed by atoms with Crippen LogP contribution in [0.4, 0.5) is 5.69 Å². The first kappa shape index (κ1) is 19.0. The highest BCUT2D eigenvalue weighted by molar-refractivity contribution is 6.15. The van der Waals surface area contributed by atoms with Gasteiger partial charge in [-0.1, -0.05) is 19.1 Å². The summed E-state index contributed by atoms with van der Waals surface area (Å²) in [6.07, 6.45) is 9.82. The zero-order valence-corrected chi connectivity index (χ0v) is 17.5. The fourth-order valence-electron chi connectivity index (χ4n) is 5.06. The third-order valence-electron chi connectivity index (χ3n) is 6.54. The number of hydrogen-bond donors (Lipinski definition) is 0. The van der Waals surface area contributed by atoms with E-state index in [0.717, 1.165) is 50.2 Å². The van der Waals surface area contributed by atoms with E-state index < -0.39 is 0 Å². The molecule has 0 saturated carbocycles. The maximum atomic E-state index is 12.1. The van der Waals surface area contributed by atoms with Crippen LogP contribution in [-0.4, -0.2) is 53.2 Å². The summed E-state index contributed by atoms with van der Waals surface area (Å²) in [5, 5.41) is 0. The van der Waals surface area contributed by atoms with Gasteiger partial charge in [-0.05, 0) is 60.7 Å². The van der Waals surface area contributed by atoms with Crippen molar-refractivity contribution in [3.8, 4) is 0 Å². The summed E-state index contributed by atoms with van der Waals surface area (Å²) < 4.78 is 0. The van der Waals surface area contributed by atoms with Crippen molar-refractivity contribution >= 4 is 23.4 Å². The van der Waals surface area contributed by atoms with Gasteiger partial charge in [0.2, 0.25) is 5.91 Å². The molecule has 5 rings (SSSR count). The molecule has 4 heterocycles. The third kappa shape index (κ3) is 3.53. The van der Waals surface area contributed by atoms with Gasteiger partial charge in [0.25, 0.3) is 0 Å². The molecule has 5 nitrogen and oxygen atoms in total. The number of carbonyl (C=O) groups is 1. The van der Waals surface area contributed by atoms with Crippen molar-refractivity contribution in [3.05, 3.63) is 65.5 Å². The quantitative estimate of drug-likeness (QED) is 0.781. The van der Waals surface area contributed by atoms with Gasteiger partial charge in [-0.25, -0.2) is 0 Å². The first-order valence-electron chi connectivity index (χ1n) is 11.0. The number of rotatable bonds is 4. The number of carbonyl (C=O) groups excluding carboxylic acids is 1. The molecule has 2 bridgehead atoms. The van der Waals surface area contributed by atoms with E-state index in [4.69, 9.17) is 4.99 Å². The molecule has 2 atom stereocenters. The summed E-state index contributed by atoms with van der Waals surface area (Å²) in [5.74, 6) is 0.294. The number of fused-ring (bicyclic) bond motifs is 2. The summed E-state index contributed by atoms with van der Waals surface area (Å²) in [6, 6.07) is 13.8. The van der Waals surface area contributed by atoms with Gasteiger partial charge in [-0.15, -0.1) is 0 Å². The zero-order chi connectivity index (χ0) is 20.5. The van der Waals surface area contributed by atoms with Crippen LogP contribution in [0.2, 0.25) is 0 Å². The highest BCUT2D eigenvalue weighted by Crippen LogP contribution is 2.35. The Hall–Kier alpha value is -2.95. The minimum atomic E-state index is 0.294. The number of amides is 1. The number of hydrogen-bond acceptors (Lipinski definition) is 4. The SMILES string of the molecule is CCC(=O)N1CC2CC1CN2c1ccc(C=C2CCCN=C2c2cccnc2)cc1. The van der Waals surface area contributed by atoms with Crippen molar-refractivity contribution in [2.24, 2.45) is 4.99 Å². The van der Waals surface area contributed by atoms with E-state index >= 15 is 0 Å². The van der Waals surface area contributed by atoms with Crippen LogP contribution in [-0.2, 0) is 4.79 Å². The average Bonchev–Trinajstić information content (AvgIpc) is 3.41. The van der Waals surface area contributed by atoms with E-state index in [2.05, 4.69) is 51.2 Å². The highest BCUT2D eigenvalue weighted by atomic mass is 16.2. The fourth-order valence-corrected chi connectivity index (χ4v) is 5.06. The predicted octanol–water partition coefficient (Wildman–Crippen LogP) is 3.95. The third-order valence-corrected chi connectivity index (χ3v) is 6.54. The first-order valence-corrected chi connectivity index (χ1v) is 11.0. The predicted molar refractivity (Wildman–Crippen MR) is 121 cm³/mol. The summed E-state index contributed by atoms with van der Waals surface area (Å²) in [7, 11) is 0. The van der Waals surface area contributed by atoms with Crippen LogP contribution in [0, 0.1) is 0 Å². The lowest BCUT2D eigenvalue weighted by atomic mass is 9.95. The number of piperazine rings is 1. The number of pyridine rings is 1. The highest BCUT2D eigenvalue weighted by Gasteiger charge is 2.44. The molecule has 1 aromatic carbocycles. The van der Waals surface area contributed by atoms with Gasteiger partial charge < -0.3 is 9.80 Å². The van der Waals surface area contributed by atoms with Crippen molar-refractivity contribution < 1.29 is 4.79 Å². The molecule has 0 spiro atoms. The topological polar surface area (TPSA) is 48.8 Å². The second kappa shape index (κ2) is 8.05. The van der Waals surface area contributed by atoms with Gasteiger partial charge >= 0.3 is 0 Å². The van der Waals surface area contributed by atoms with Crippen LogP contribution < -0.4 is 4.90 Å². The molecule has 0 aliphatic carbocycles. The van der Waals surface area contributed by atoms with Gasteiger partial charge in [-0.2, -0.15) is 0 Å². The average molecular weight is 401 g/mol. The molecular weight excluding hydrogens is 372 g/mol. The summed E-state index contributed by atoms with van der Waals surface area (Å²) in [6.45, 7) is 4.66. The lowest BCUT2D eigenvalue weighted by Gasteiger charge is -2.35. The number of aliphatic imine (C=N–C) groups is 1. The van der Waals surface area contributed by atoms with Gasteiger partial charge in [0.05, 0.1) is 11.8 Å². The number of allylic oxidation sites excluding steroid dienone is 1. The van der Waals surface area contributed by atoms with Gasteiger partial charge in [0.15, 0.2) is 0 Å². The molecule has 2 fully saturated rings. The number of benzene rings is 1. The van der Waals surface area contributed by atoms with E-state index in [1.165, 1.54) is 16.8 Å². The Labute approximate surface area is 178 Å². The van der Waals surface area contributed by atoms with Crippen molar-refractivity contribution in [2.45, 2.75) is 44.7 Å². The van der Waals surface area contributed by atoms with Gasteiger partial charge in [-0.3, -0.25) is 14.8 Å². The number of likely N-dealkylation sites (tertiary alicyclic amines) is 1. The molecule has 2 aromatic rings. The van der Waals surface area contributed by atoms with E-state index in [-0.39, 0.29) is 0 Å². The van der Waals surface area contributed by atoms with Crippen LogP contribution in [0.5, 0.6) is 0 Å². The van der Waals surface area contributed by atoms with E-state index in [0.29, 0.717) is 24.4 Å². The molecule has 0 radical (unpaired) electrons. The van der Waals surface area contributed by atoms with Crippen LogP contribution in [0.15, 0.2) is 59.4 Å². The van der Waals surface area contributed by atoms with E-state index in [9.17, 15) is 4.79 Å². The molecule has 1 amide bonds. The Morgan fingerprint density at radius 2 is 2.03 bits per heavy atom. The molecule has 0 N–H and O–H groups in total. The Balaban J connectivity index is 1.32. The summed E-state index contributed by atoms with van der Waals surface area (Å²) in [4.78, 5) is 25.7. The minimum absolute atomic E-state index is 0.294. The zero-order valence-electron chi connectivity index (χ0n) is 17.5. The second-order valence-corrected chi connectivity index (χ2v) is 8.43. The molecule has 154 valence electrons. The molecule has 3 aliphatic rings. The molecule has 30 heavy (non-hydrogen) atoms. The lowest BCUT2D eigenvalue weighted by Crippen LogP contribution is -2.48. The van der Waals surface area contributed by atoms with Crippen molar-refractivity contribution in [1.29, 1.82) is 0 Å². The normalized spacial score (nSPS) is 24.4. The smallest absolute Gasteiger partial charge is 0.222 e. The molecule has 1 aromatic heterocycles. The number of aromatic nitrogens is 1. The van der Waals surface area contributed by atoms with E-state index in [1.54, 1.807) is 6.20 Å². The van der Waals surface area contributed by atoms with Crippen LogP contribution in [0.3, 0.4) is 0 Å². The second-order valence-electron chi connectivity index (χ2n) is 8.43. The van der Waals surface area contributed by atoms with Crippen LogP contribution >= 0.6 is 0 Å². The maximum Gasteiger partial charge on any atom is 0.222 e. The molecular formula is C25H28N4O. The lowest BCUT2D eigenvalue weighted by molar-refractivity contribution is -0.131. The largest absolute Gasteiger partial charge is 0.365 e. The molecule has 3 aliphatic heterocycles.